The van der Waals surface area contributed by atoms with Crippen LogP contribution in [0.25, 0.3) is 0 Å². The maximum atomic E-state index is 11.5. The van der Waals surface area contributed by atoms with Crippen molar-refractivity contribution in [2.75, 3.05) is 11.5 Å². The molecule has 0 aromatic rings. The van der Waals surface area contributed by atoms with Crippen molar-refractivity contribution in [3.8, 4) is 0 Å². The minimum Gasteiger partial charge on any atom is -0.290 e. The molecule has 0 aliphatic carbocycles. The van der Waals surface area contributed by atoms with Gasteiger partial charge in [0.1, 0.15) is 0 Å². The van der Waals surface area contributed by atoms with Crippen LogP contribution in [0.4, 0.5) is 0 Å². The third kappa shape index (κ3) is 2.12. The topological polar surface area (TPSA) is 34.1 Å². The van der Waals surface area contributed by atoms with Gasteiger partial charge in [-0.1, -0.05) is 23.3 Å². The highest BCUT2D eigenvalue weighted by molar-refractivity contribution is 8.15. The molecule has 1 rings (SSSR count). The maximum Gasteiger partial charge on any atom is 0.183 e. The zero-order valence-electron chi connectivity index (χ0n) is 6.95. The molecule has 11 heavy (non-hydrogen) atoms. The molecule has 2 nitrogen and oxygen atoms in total. The van der Waals surface area contributed by atoms with E-state index in [1.165, 1.54) is 0 Å². The lowest BCUT2D eigenvalue weighted by atomic mass is 10.0. The quantitative estimate of drug-likeness (QED) is 0.514. The average molecular weight is 176 g/mol. The SMILES string of the molecule is CCCC1CC[SH](=O)(C=O)C1. The Morgan fingerprint density at radius 2 is 2.36 bits per heavy atom. The van der Waals surface area contributed by atoms with Gasteiger partial charge in [0.15, 0.2) is 5.62 Å². The van der Waals surface area contributed by atoms with Crippen molar-refractivity contribution in [2.24, 2.45) is 5.92 Å². The molecule has 1 heterocycles. The third-order valence-corrected chi connectivity index (χ3v) is 4.91. The number of rotatable bonds is 3. The Hall–Kier alpha value is -0.180. The maximum absolute atomic E-state index is 11.5. The number of hydrogen-bond donors (Lipinski definition) is 1. The molecule has 1 aliphatic heterocycles. The third-order valence-electron chi connectivity index (χ3n) is 2.37. The fraction of sp³-hybridized carbons (Fsp3) is 0.875. The predicted molar refractivity (Wildman–Crippen MR) is 49.0 cm³/mol. The Morgan fingerprint density at radius 1 is 1.64 bits per heavy atom. The van der Waals surface area contributed by atoms with Crippen molar-refractivity contribution in [1.29, 1.82) is 0 Å². The van der Waals surface area contributed by atoms with E-state index in [1.807, 2.05) is 0 Å². The van der Waals surface area contributed by atoms with Crippen LogP contribution in [0.1, 0.15) is 26.2 Å². The molecule has 0 radical (unpaired) electrons. The standard InChI is InChI=1S/C8H16O2S/c1-2-3-8-4-5-11(10,6-8)7-9/h7-8,11H,2-6H2,1H3. The largest absolute Gasteiger partial charge is 0.290 e. The zero-order chi connectivity index (χ0) is 8.32. The first-order valence-electron chi connectivity index (χ1n) is 4.24. The van der Waals surface area contributed by atoms with Crippen LogP contribution in [0.3, 0.4) is 0 Å². The molecule has 1 saturated heterocycles. The van der Waals surface area contributed by atoms with Crippen LogP contribution in [0, 0.1) is 5.92 Å². The van der Waals surface area contributed by atoms with Crippen LogP contribution in [0.15, 0.2) is 0 Å². The number of thiol groups is 1. The Morgan fingerprint density at radius 3 is 2.82 bits per heavy atom. The zero-order valence-corrected chi connectivity index (χ0v) is 7.85. The number of carbonyl (C=O) groups is 1. The number of hydrogen-bond acceptors (Lipinski definition) is 2. The van der Waals surface area contributed by atoms with Gasteiger partial charge in [-0.05, 0) is 18.8 Å². The van der Waals surface area contributed by atoms with E-state index in [-0.39, 0.29) is 0 Å². The van der Waals surface area contributed by atoms with Gasteiger partial charge < -0.3 is 0 Å². The molecule has 1 atom stereocenters. The predicted octanol–water partition coefficient (Wildman–Crippen LogP) is 1.01. The minimum atomic E-state index is -2.32. The highest BCUT2D eigenvalue weighted by Crippen LogP contribution is 2.26. The molecule has 0 aromatic heterocycles. The summed E-state index contributed by atoms with van der Waals surface area (Å²) in [6.45, 7) is 2.13. The van der Waals surface area contributed by atoms with Gasteiger partial charge in [-0.3, -0.25) is 9.00 Å². The van der Waals surface area contributed by atoms with Crippen molar-refractivity contribution >= 4 is 15.6 Å². The first-order valence-corrected chi connectivity index (χ1v) is 6.39. The summed E-state index contributed by atoms with van der Waals surface area (Å²) in [7, 11) is -2.32. The Balaban J connectivity index is 2.46. The van der Waals surface area contributed by atoms with E-state index in [2.05, 4.69) is 6.92 Å². The summed E-state index contributed by atoms with van der Waals surface area (Å²) < 4.78 is 11.5. The molecule has 0 bridgehead atoms. The smallest absolute Gasteiger partial charge is 0.183 e. The summed E-state index contributed by atoms with van der Waals surface area (Å²) >= 11 is 0. The average Bonchev–Trinajstić information content (AvgIpc) is 2.35. The molecular weight excluding hydrogens is 160 g/mol. The molecule has 1 aliphatic rings. The van der Waals surface area contributed by atoms with Crippen molar-refractivity contribution < 1.29 is 9.00 Å². The Labute approximate surface area is 68.8 Å². The van der Waals surface area contributed by atoms with E-state index in [0.717, 1.165) is 19.3 Å². The molecular formula is C8H16O2S. The summed E-state index contributed by atoms with van der Waals surface area (Å²) in [5.74, 6) is 1.92. The van der Waals surface area contributed by atoms with Gasteiger partial charge in [0.25, 0.3) is 0 Å². The van der Waals surface area contributed by atoms with Crippen molar-refractivity contribution in [3.05, 3.63) is 0 Å². The van der Waals surface area contributed by atoms with Crippen LogP contribution >= 0.6 is 0 Å². The van der Waals surface area contributed by atoms with Crippen LogP contribution in [-0.2, 0) is 14.7 Å². The fourth-order valence-corrected chi connectivity index (χ4v) is 4.18. The van der Waals surface area contributed by atoms with E-state index in [4.69, 9.17) is 0 Å². The van der Waals surface area contributed by atoms with E-state index in [9.17, 15) is 9.00 Å². The molecule has 0 saturated carbocycles. The molecule has 1 fully saturated rings. The van der Waals surface area contributed by atoms with Gasteiger partial charge in [0.05, 0.1) is 0 Å². The lowest BCUT2D eigenvalue weighted by molar-refractivity contribution is 0.536. The summed E-state index contributed by atoms with van der Waals surface area (Å²) in [5.41, 5.74) is 0.711. The monoisotopic (exact) mass is 176 g/mol. The lowest BCUT2D eigenvalue weighted by Crippen LogP contribution is -2.16. The van der Waals surface area contributed by atoms with Crippen LogP contribution < -0.4 is 0 Å². The van der Waals surface area contributed by atoms with Gasteiger partial charge in [-0.15, -0.1) is 0 Å². The highest BCUT2D eigenvalue weighted by atomic mass is 32.2. The second-order valence-electron chi connectivity index (χ2n) is 3.41. The second-order valence-corrected chi connectivity index (χ2v) is 6.34. The first-order chi connectivity index (χ1) is 5.20. The van der Waals surface area contributed by atoms with E-state index in [1.54, 1.807) is 0 Å². The summed E-state index contributed by atoms with van der Waals surface area (Å²) in [6.07, 6.45) is 3.28. The normalized spacial score (nSPS) is 31.5. The Bertz CT molecular complexity index is 189. The van der Waals surface area contributed by atoms with Gasteiger partial charge in [-0.2, -0.15) is 0 Å². The van der Waals surface area contributed by atoms with Gasteiger partial charge in [0.2, 0.25) is 0 Å². The van der Waals surface area contributed by atoms with Gasteiger partial charge >= 0.3 is 0 Å². The fourth-order valence-electron chi connectivity index (χ4n) is 1.76. The van der Waals surface area contributed by atoms with E-state index in [0.29, 0.717) is 23.0 Å². The first kappa shape index (κ1) is 8.91. The van der Waals surface area contributed by atoms with E-state index >= 15 is 0 Å². The molecule has 1 unspecified atom stereocenters. The molecule has 0 amide bonds. The van der Waals surface area contributed by atoms with Crippen LogP contribution in [0.2, 0.25) is 0 Å². The van der Waals surface area contributed by atoms with Gasteiger partial charge in [0, 0.05) is 11.5 Å². The molecule has 3 heteroatoms. The van der Waals surface area contributed by atoms with Crippen molar-refractivity contribution in [1.82, 2.24) is 0 Å². The molecule has 66 valence electrons. The van der Waals surface area contributed by atoms with Crippen LogP contribution in [0.5, 0.6) is 0 Å². The van der Waals surface area contributed by atoms with E-state index < -0.39 is 9.93 Å². The van der Waals surface area contributed by atoms with Gasteiger partial charge in [-0.25, -0.2) is 0 Å². The summed E-state index contributed by atoms with van der Waals surface area (Å²) in [5, 5.41) is 0. The lowest BCUT2D eigenvalue weighted by Gasteiger charge is -2.08. The highest BCUT2D eigenvalue weighted by Gasteiger charge is 2.27. The molecule has 0 spiro atoms. The molecule has 0 aromatic carbocycles. The minimum absolute atomic E-state index is 0.566. The summed E-state index contributed by atoms with van der Waals surface area (Å²) in [4.78, 5) is 10.4. The van der Waals surface area contributed by atoms with Crippen molar-refractivity contribution in [2.45, 2.75) is 26.2 Å². The van der Waals surface area contributed by atoms with Crippen molar-refractivity contribution in [3.63, 3.8) is 0 Å². The second kappa shape index (κ2) is 3.48. The Kier molecular flexibility index (Phi) is 2.82. The molecule has 0 N–H and O–H groups in total. The number of carbonyl (C=O) groups excluding carboxylic acids is 1. The summed E-state index contributed by atoms with van der Waals surface area (Å²) in [6, 6.07) is 0. The van der Waals surface area contributed by atoms with Crippen LogP contribution in [-0.4, -0.2) is 21.3 Å².